The van der Waals surface area contributed by atoms with Crippen LogP contribution in [0.2, 0.25) is 5.02 Å². The third kappa shape index (κ3) is 2.85. The Morgan fingerprint density at radius 3 is 2.76 bits per heavy atom. The lowest BCUT2D eigenvalue weighted by Crippen LogP contribution is -2.26. The highest BCUT2D eigenvalue weighted by Crippen LogP contribution is 2.43. The monoisotopic (exact) mass is 379 g/mol. The van der Waals surface area contributed by atoms with Gasteiger partial charge in [-0.3, -0.25) is 4.79 Å². The van der Waals surface area contributed by atoms with E-state index in [1.807, 2.05) is 31.2 Å². The van der Waals surface area contributed by atoms with Crippen molar-refractivity contribution < 1.29 is 13.2 Å². The highest BCUT2D eigenvalue weighted by molar-refractivity contribution is 7.91. The maximum atomic E-state index is 12.3. The van der Waals surface area contributed by atoms with Gasteiger partial charge in [0, 0.05) is 22.9 Å². The van der Waals surface area contributed by atoms with Crippen LogP contribution < -0.4 is 5.32 Å². The largest absolute Gasteiger partial charge is 0.311 e. The summed E-state index contributed by atoms with van der Waals surface area (Å²) in [5.74, 6) is 0.546. The molecule has 4 rings (SSSR count). The number of aryl methyl sites for hydroxylation is 1. The minimum Gasteiger partial charge on any atom is -0.311 e. The first kappa shape index (κ1) is 16.6. The third-order valence-corrected chi connectivity index (χ3v) is 7.06. The molecule has 2 atom stereocenters. The molecule has 1 N–H and O–H groups in total. The summed E-state index contributed by atoms with van der Waals surface area (Å²) >= 11 is 6.36. The van der Waals surface area contributed by atoms with E-state index in [9.17, 15) is 13.2 Å². The normalized spacial score (nSPS) is 24.8. The second-order valence-electron chi connectivity index (χ2n) is 6.68. The second kappa shape index (κ2) is 5.85. The summed E-state index contributed by atoms with van der Waals surface area (Å²) in [6.07, 6.45) is 0.814. The maximum absolute atomic E-state index is 12.3. The van der Waals surface area contributed by atoms with E-state index in [1.165, 1.54) is 0 Å². The molecule has 0 radical (unpaired) electrons. The first-order chi connectivity index (χ1) is 11.9. The number of rotatable bonds is 2. The van der Waals surface area contributed by atoms with E-state index in [4.69, 9.17) is 11.6 Å². The summed E-state index contributed by atoms with van der Waals surface area (Å²) < 4.78 is 25.4. The van der Waals surface area contributed by atoms with Crippen LogP contribution in [0.4, 0.5) is 5.82 Å². The number of halogens is 1. The first-order valence-corrected chi connectivity index (χ1v) is 10.4. The molecule has 132 valence electrons. The number of hydrogen-bond donors (Lipinski definition) is 1. The molecular formula is C17H18ClN3O3S. The second-order valence-corrected chi connectivity index (χ2v) is 9.31. The molecule has 1 saturated heterocycles. The van der Waals surface area contributed by atoms with Gasteiger partial charge in [0.25, 0.3) is 0 Å². The van der Waals surface area contributed by atoms with Gasteiger partial charge in [0.15, 0.2) is 9.84 Å². The van der Waals surface area contributed by atoms with E-state index in [2.05, 4.69) is 10.4 Å². The summed E-state index contributed by atoms with van der Waals surface area (Å²) in [4.78, 5) is 12.3. The van der Waals surface area contributed by atoms with Crippen LogP contribution in [-0.4, -0.2) is 35.6 Å². The summed E-state index contributed by atoms with van der Waals surface area (Å²) in [7, 11) is -3.04. The molecule has 3 heterocycles. The van der Waals surface area contributed by atoms with Gasteiger partial charge in [0.05, 0.1) is 23.2 Å². The molecule has 0 unspecified atom stereocenters. The molecule has 1 aromatic heterocycles. The van der Waals surface area contributed by atoms with Gasteiger partial charge < -0.3 is 5.32 Å². The van der Waals surface area contributed by atoms with Crippen LogP contribution in [0.15, 0.2) is 24.3 Å². The number of fused-ring (bicyclic) bond motifs is 1. The topological polar surface area (TPSA) is 81.1 Å². The number of anilines is 1. The number of nitrogens with one attached hydrogen (secondary N) is 1. The zero-order chi connectivity index (χ0) is 17.8. The Bertz CT molecular complexity index is 968. The van der Waals surface area contributed by atoms with Gasteiger partial charge in [0.2, 0.25) is 5.91 Å². The number of hydrogen-bond acceptors (Lipinski definition) is 4. The number of nitrogens with zero attached hydrogens (tertiary/aromatic N) is 2. The van der Waals surface area contributed by atoms with Crippen molar-refractivity contribution in [1.29, 1.82) is 0 Å². The zero-order valence-corrected chi connectivity index (χ0v) is 15.3. The van der Waals surface area contributed by atoms with Gasteiger partial charge in [-0.25, -0.2) is 13.1 Å². The van der Waals surface area contributed by atoms with Crippen LogP contribution in [0, 0.1) is 6.92 Å². The highest BCUT2D eigenvalue weighted by atomic mass is 35.5. The van der Waals surface area contributed by atoms with Crippen molar-refractivity contribution in [3.8, 4) is 0 Å². The van der Waals surface area contributed by atoms with Crippen LogP contribution in [0.1, 0.15) is 41.6 Å². The van der Waals surface area contributed by atoms with E-state index in [0.29, 0.717) is 23.7 Å². The number of aromatic nitrogens is 2. The third-order valence-electron chi connectivity index (χ3n) is 4.96. The average Bonchev–Trinajstić information content (AvgIpc) is 3.07. The minimum absolute atomic E-state index is 0.0627. The van der Waals surface area contributed by atoms with Crippen LogP contribution >= 0.6 is 11.6 Å². The fraction of sp³-hybridized carbons (Fsp3) is 0.412. The van der Waals surface area contributed by atoms with Crippen LogP contribution in [0.25, 0.3) is 0 Å². The molecule has 2 aliphatic heterocycles. The maximum Gasteiger partial charge on any atom is 0.226 e. The SMILES string of the molecule is Cc1nn([C@@H]2CCS(=O)(=O)C2)c2c1[C@H](c1ccccc1Cl)CC(=O)N2. The van der Waals surface area contributed by atoms with Gasteiger partial charge in [0.1, 0.15) is 5.82 Å². The van der Waals surface area contributed by atoms with Gasteiger partial charge in [-0.05, 0) is 25.0 Å². The molecule has 2 aliphatic rings. The van der Waals surface area contributed by atoms with Crippen LogP contribution in [0.5, 0.6) is 0 Å². The molecule has 1 fully saturated rings. The predicted molar refractivity (Wildman–Crippen MR) is 95.8 cm³/mol. The lowest BCUT2D eigenvalue weighted by atomic mass is 9.86. The quantitative estimate of drug-likeness (QED) is 0.869. The Morgan fingerprint density at radius 1 is 1.32 bits per heavy atom. The predicted octanol–water partition coefficient (Wildman–Crippen LogP) is 2.68. The average molecular weight is 380 g/mol. The molecule has 25 heavy (non-hydrogen) atoms. The van der Waals surface area contributed by atoms with Crippen molar-refractivity contribution in [2.24, 2.45) is 0 Å². The Morgan fingerprint density at radius 2 is 2.08 bits per heavy atom. The van der Waals surface area contributed by atoms with Crippen molar-refractivity contribution in [3.63, 3.8) is 0 Å². The van der Waals surface area contributed by atoms with Crippen LogP contribution in [-0.2, 0) is 14.6 Å². The molecule has 0 bridgehead atoms. The molecule has 0 aliphatic carbocycles. The summed E-state index contributed by atoms with van der Waals surface area (Å²) in [5.41, 5.74) is 2.61. The Balaban J connectivity index is 1.83. The van der Waals surface area contributed by atoms with Gasteiger partial charge >= 0.3 is 0 Å². The van der Waals surface area contributed by atoms with Crippen molar-refractivity contribution in [2.45, 2.75) is 31.7 Å². The van der Waals surface area contributed by atoms with E-state index in [0.717, 1.165) is 16.8 Å². The zero-order valence-electron chi connectivity index (χ0n) is 13.7. The van der Waals surface area contributed by atoms with Gasteiger partial charge in [-0.1, -0.05) is 29.8 Å². The van der Waals surface area contributed by atoms with E-state index in [-0.39, 0.29) is 29.4 Å². The van der Waals surface area contributed by atoms with Gasteiger partial charge in [-0.15, -0.1) is 0 Å². The molecule has 0 spiro atoms. The first-order valence-electron chi connectivity index (χ1n) is 8.19. The molecule has 0 saturated carbocycles. The molecule has 6 nitrogen and oxygen atoms in total. The molecular weight excluding hydrogens is 362 g/mol. The van der Waals surface area contributed by atoms with Gasteiger partial charge in [-0.2, -0.15) is 5.10 Å². The van der Waals surface area contributed by atoms with E-state index in [1.54, 1.807) is 4.68 Å². The number of sulfone groups is 1. The number of carbonyl (C=O) groups excluding carboxylic acids is 1. The summed E-state index contributed by atoms with van der Waals surface area (Å²) in [6.45, 7) is 1.89. The lowest BCUT2D eigenvalue weighted by Gasteiger charge is -2.26. The minimum atomic E-state index is -3.04. The Hall–Kier alpha value is -1.86. The van der Waals surface area contributed by atoms with Crippen molar-refractivity contribution in [2.75, 3.05) is 16.8 Å². The smallest absolute Gasteiger partial charge is 0.226 e. The fourth-order valence-corrected chi connectivity index (χ4v) is 5.79. The molecule has 1 aromatic carbocycles. The Kier molecular flexibility index (Phi) is 3.88. The molecule has 1 amide bonds. The summed E-state index contributed by atoms with van der Waals surface area (Å²) in [6, 6.07) is 7.25. The Labute approximate surface area is 151 Å². The van der Waals surface area contributed by atoms with Crippen molar-refractivity contribution in [1.82, 2.24) is 9.78 Å². The standard InChI is InChI=1S/C17H18ClN3O3S/c1-10-16-13(12-4-2-3-5-14(12)18)8-15(22)19-17(16)21(20-10)11-6-7-25(23,24)9-11/h2-5,11,13H,6-9H2,1H3,(H,19,22)/t11-,13+/m1/s1. The summed E-state index contributed by atoms with van der Waals surface area (Å²) in [5, 5.41) is 8.09. The van der Waals surface area contributed by atoms with Crippen molar-refractivity contribution in [3.05, 3.63) is 46.1 Å². The lowest BCUT2D eigenvalue weighted by molar-refractivity contribution is -0.116. The van der Waals surface area contributed by atoms with E-state index >= 15 is 0 Å². The fourth-order valence-electron chi connectivity index (χ4n) is 3.83. The molecule has 2 aromatic rings. The van der Waals surface area contributed by atoms with E-state index < -0.39 is 9.84 Å². The van der Waals surface area contributed by atoms with Crippen LogP contribution in [0.3, 0.4) is 0 Å². The number of amides is 1. The highest BCUT2D eigenvalue weighted by Gasteiger charge is 2.37. The molecule has 8 heteroatoms. The number of carbonyl (C=O) groups is 1. The van der Waals surface area contributed by atoms with Crippen molar-refractivity contribution >= 4 is 33.2 Å². The number of benzene rings is 1.